The van der Waals surface area contributed by atoms with Gasteiger partial charge in [0, 0.05) is 17.8 Å². The number of para-hydroxylation sites is 1. The van der Waals surface area contributed by atoms with E-state index in [1.54, 1.807) is 64.1 Å². The summed E-state index contributed by atoms with van der Waals surface area (Å²) in [6.07, 6.45) is -1.74. The maximum absolute atomic E-state index is 13.8. The van der Waals surface area contributed by atoms with E-state index in [2.05, 4.69) is 37.2 Å². The van der Waals surface area contributed by atoms with Crippen LogP contribution in [-0.2, 0) is 40.0 Å². The molecule has 0 radical (unpaired) electrons. The lowest BCUT2D eigenvalue weighted by atomic mass is 9.99. The molecule has 1 aliphatic rings. The molecule has 0 spiro atoms. The highest BCUT2D eigenvalue weighted by Crippen LogP contribution is 2.16. The van der Waals surface area contributed by atoms with Gasteiger partial charge in [-0.2, -0.15) is 0 Å². The number of carbonyl (C=O) groups is 8. The van der Waals surface area contributed by atoms with E-state index in [0.717, 1.165) is 5.56 Å². The number of hydrogen-bond acceptors (Lipinski definition) is 8. The predicted molar refractivity (Wildman–Crippen MR) is 192 cm³/mol. The molecular formula is C36H47N7O10. The monoisotopic (exact) mass is 737 g/mol. The number of carboxylic acids is 2. The molecule has 17 heteroatoms. The average molecular weight is 738 g/mol. The van der Waals surface area contributed by atoms with Gasteiger partial charge in [-0.05, 0) is 54.5 Å². The number of hydrogen-bond donors (Lipinski definition) is 9. The van der Waals surface area contributed by atoms with Gasteiger partial charge in [0.15, 0.2) is 0 Å². The summed E-state index contributed by atoms with van der Waals surface area (Å²) in [6.45, 7) is 8.50. The molecule has 1 saturated heterocycles. The van der Waals surface area contributed by atoms with Crippen LogP contribution in [0.1, 0.15) is 58.1 Å². The van der Waals surface area contributed by atoms with Crippen molar-refractivity contribution in [1.82, 2.24) is 26.6 Å². The van der Waals surface area contributed by atoms with Crippen molar-refractivity contribution in [1.29, 1.82) is 0 Å². The van der Waals surface area contributed by atoms with Crippen molar-refractivity contribution in [2.75, 3.05) is 10.6 Å². The van der Waals surface area contributed by atoms with Gasteiger partial charge in [-0.15, -0.1) is 0 Å². The van der Waals surface area contributed by atoms with Crippen molar-refractivity contribution in [3.63, 3.8) is 0 Å². The molecule has 0 aliphatic carbocycles. The van der Waals surface area contributed by atoms with Crippen molar-refractivity contribution in [3.05, 3.63) is 59.7 Å². The van der Waals surface area contributed by atoms with Gasteiger partial charge in [0.2, 0.25) is 29.5 Å². The number of carboxylic acid groups (broad SMARTS) is 2. The fourth-order valence-electron chi connectivity index (χ4n) is 5.49. The molecule has 9 N–H and O–H groups in total. The third-order valence-electron chi connectivity index (χ3n) is 8.30. The van der Waals surface area contributed by atoms with Crippen LogP contribution in [0.4, 0.5) is 16.2 Å². The molecule has 7 amide bonds. The van der Waals surface area contributed by atoms with Gasteiger partial charge in [-0.25, -0.2) is 9.59 Å². The minimum absolute atomic E-state index is 0.0582. The Bertz CT molecular complexity index is 1700. The molecule has 286 valence electrons. The zero-order chi connectivity index (χ0) is 39.4. The van der Waals surface area contributed by atoms with Crippen LogP contribution < -0.4 is 37.2 Å². The second kappa shape index (κ2) is 19.0. The highest BCUT2D eigenvalue weighted by Gasteiger charge is 2.36. The van der Waals surface area contributed by atoms with Gasteiger partial charge < -0.3 is 47.4 Å². The van der Waals surface area contributed by atoms with Crippen LogP contribution in [0.3, 0.4) is 0 Å². The summed E-state index contributed by atoms with van der Waals surface area (Å²) in [7, 11) is 0. The summed E-state index contributed by atoms with van der Waals surface area (Å²) in [6, 6.07) is 5.64. The SMILES string of the molecule is Cc1ccccc1NC(=O)Nc1ccc(C[C@H]2NC(=O)C[C@H](C(=O)O)NC(=O)[C@H](C(C)C)NC(=O)[C@H](CC(=O)O)NC(=O)[C@H](CC(C)C)NC2=O)cc1. The van der Waals surface area contributed by atoms with Crippen molar-refractivity contribution in [2.45, 2.75) is 90.5 Å². The Kier molecular flexibility index (Phi) is 14.9. The van der Waals surface area contributed by atoms with E-state index in [0.29, 0.717) is 16.9 Å². The van der Waals surface area contributed by atoms with Crippen molar-refractivity contribution in [3.8, 4) is 0 Å². The summed E-state index contributed by atoms with van der Waals surface area (Å²) in [4.78, 5) is 103. The van der Waals surface area contributed by atoms with Gasteiger partial charge in [-0.3, -0.25) is 28.8 Å². The van der Waals surface area contributed by atoms with Crippen LogP contribution >= 0.6 is 0 Å². The van der Waals surface area contributed by atoms with E-state index < -0.39 is 96.5 Å². The second-order valence-electron chi connectivity index (χ2n) is 13.6. The maximum Gasteiger partial charge on any atom is 0.326 e. The molecule has 0 saturated carbocycles. The number of carbonyl (C=O) groups excluding carboxylic acids is 6. The Morgan fingerprint density at radius 2 is 1.34 bits per heavy atom. The van der Waals surface area contributed by atoms with E-state index in [4.69, 9.17) is 0 Å². The lowest BCUT2D eigenvalue weighted by Gasteiger charge is -2.29. The first-order valence-corrected chi connectivity index (χ1v) is 17.1. The van der Waals surface area contributed by atoms with Crippen molar-refractivity contribution in [2.24, 2.45) is 11.8 Å². The number of amides is 7. The normalized spacial score (nSPS) is 21.8. The van der Waals surface area contributed by atoms with Crippen LogP contribution in [0.5, 0.6) is 0 Å². The fraction of sp³-hybridized carbons (Fsp3) is 0.444. The van der Waals surface area contributed by atoms with Gasteiger partial charge in [0.1, 0.15) is 30.2 Å². The molecule has 17 nitrogen and oxygen atoms in total. The molecule has 1 aliphatic heterocycles. The average Bonchev–Trinajstić information content (AvgIpc) is 3.06. The van der Waals surface area contributed by atoms with Gasteiger partial charge in [-0.1, -0.05) is 58.0 Å². The van der Waals surface area contributed by atoms with E-state index in [1.165, 1.54) is 0 Å². The largest absolute Gasteiger partial charge is 0.481 e. The van der Waals surface area contributed by atoms with Crippen molar-refractivity contribution >= 4 is 58.9 Å². The molecule has 5 atom stereocenters. The number of benzene rings is 2. The Morgan fingerprint density at radius 1 is 0.736 bits per heavy atom. The standard InChI is InChI=1S/C36H47N7O10/c1-18(2)14-24-31(47)40-26(17-29(45)46)33(49)43-30(19(3)4)34(50)41-27(35(51)52)16-28(44)38-25(32(48)39-24)15-21-10-12-22(13-11-21)37-36(53)42-23-9-7-6-8-20(23)5/h6-13,18-19,24-27,30H,14-17H2,1-5H3,(H,38,44)(H,39,48)(H,40,47)(H,41,50)(H,43,49)(H,45,46)(H,51,52)(H2,37,42,53)/t24-,25+,26-,27+,30-/m0/s1. The fourth-order valence-corrected chi connectivity index (χ4v) is 5.49. The molecule has 2 aromatic rings. The minimum atomic E-state index is -1.77. The Hall–Kier alpha value is -6.00. The van der Waals surface area contributed by atoms with E-state index in [-0.39, 0.29) is 18.8 Å². The summed E-state index contributed by atoms with van der Waals surface area (Å²) in [5, 5.41) is 36.9. The molecule has 1 heterocycles. The molecule has 53 heavy (non-hydrogen) atoms. The highest BCUT2D eigenvalue weighted by atomic mass is 16.4. The Morgan fingerprint density at radius 3 is 1.92 bits per heavy atom. The molecule has 3 rings (SSSR count). The van der Waals surface area contributed by atoms with Gasteiger partial charge >= 0.3 is 18.0 Å². The van der Waals surface area contributed by atoms with Gasteiger partial charge in [0.25, 0.3) is 0 Å². The zero-order valence-corrected chi connectivity index (χ0v) is 30.1. The van der Waals surface area contributed by atoms with Crippen LogP contribution in [0, 0.1) is 18.8 Å². The van der Waals surface area contributed by atoms with Crippen LogP contribution in [0.25, 0.3) is 0 Å². The van der Waals surface area contributed by atoms with E-state index >= 15 is 0 Å². The number of anilines is 2. The first-order valence-electron chi connectivity index (χ1n) is 17.1. The second-order valence-corrected chi connectivity index (χ2v) is 13.6. The predicted octanol–water partition coefficient (Wildman–Crippen LogP) is 1.27. The Labute approximate surface area is 306 Å². The first-order chi connectivity index (χ1) is 24.9. The quantitative estimate of drug-likeness (QED) is 0.169. The summed E-state index contributed by atoms with van der Waals surface area (Å²) < 4.78 is 0. The molecule has 2 aromatic carbocycles. The molecule has 0 unspecified atom stereocenters. The highest BCUT2D eigenvalue weighted by molar-refractivity contribution is 6.00. The van der Waals surface area contributed by atoms with Crippen LogP contribution in [0.2, 0.25) is 0 Å². The van der Waals surface area contributed by atoms with Crippen molar-refractivity contribution < 1.29 is 48.6 Å². The lowest BCUT2D eigenvalue weighted by Crippen LogP contribution is -2.61. The third-order valence-corrected chi connectivity index (χ3v) is 8.30. The van der Waals surface area contributed by atoms with Crippen LogP contribution in [-0.4, -0.2) is 87.9 Å². The van der Waals surface area contributed by atoms with Crippen LogP contribution in [0.15, 0.2) is 48.5 Å². The summed E-state index contributed by atoms with van der Waals surface area (Å²) >= 11 is 0. The molecule has 1 fully saturated rings. The summed E-state index contributed by atoms with van der Waals surface area (Å²) in [5.74, 6) is -8.40. The number of rotatable bonds is 10. The molecule has 0 aromatic heterocycles. The lowest BCUT2D eigenvalue weighted by molar-refractivity contribution is -0.145. The van der Waals surface area contributed by atoms with Gasteiger partial charge in [0.05, 0.1) is 12.8 Å². The summed E-state index contributed by atoms with van der Waals surface area (Å²) in [5.41, 5.74) is 2.41. The Balaban J connectivity index is 1.94. The third kappa shape index (κ3) is 12.9. The zero-order valence-electron chi connectivity index (χ0n) is 30.1. The topological polar surface area (TPSA) is 261 Å². The number of aliphatic carboxylic acids is 2. The molecular weight excluding hydrogens is 690 g/mol. The number of urea groups is 1. The number of nitrogens with one attached hydrogen (secondary N) is 7. The minimum Gasteiger partial charge on any atom is -0.481 e. The smallest absolute Gasteiger partial charge is 0.326 e. The van der Waals surface area contributed by atoms with E-state index in [9.17, 15) is 48.6 Å². The van der Waals surface area contributed by atoms with E-state index in [1.807, 2.05) is 19.1 Å². The molecule has 0 bridgehead atoms. The maximum atomic E-state index is 13.8. The first kappa shape index (κ1) is 41.4. The number of aryl methyl sites for hydroxylation is 1.